The zero-order chi connectivity index (χ0) is 23.2. The molecule has 1 aromatic rings. The van der Waals surface area contributed by atoms with Crippen LogP contribution in [0.5, 0.6) is 0 Å². The number of ether oxygens (including phenoxy) is 2. The highest BCUT2D eigenvalue weighted by atomic mass is 16.7. The van der Waals surface area contributed by atoms with Crippen molar-refractivity contribution < 1.29 is 19.4 Å². The number of piperidine rings is 2. The average molecular weight is 457 g/mol. The Labute approximate surface area is 198 Å². The lowest BCUT2D eigenvalue weighted by molar-refractivity contribution is -0.160. The minimum atomic E-state index is -0.426. The minimum Gasteiger partial charge on any atom is -0.459 e. The fourth-order valence-electron chi connectivity index (χ4n) is 5.21. The molecule has 3 heterocycles. The maximum absolute atomic E-state index is 13.3. The first-order valence-corrected chi connectivity index (χ1v) is 12.8. The van der Waals surface area contributed by atoms with Crippen LogP contribution in [0.15, 0.2) is 36.1 Å². The molecule has 182 valence electrons. The number of likely N-dealkylation sites (tertiary alicyclic amines) is 2. The Balaban J connectivity index is 1.33. The van der Waals surface area contributed by atoms with Gasteiger partial charge >= 0.3 is 0 Å². The summed E-state index contributed by atoms with van der Waals surface area (Å²) in [5, 5.41) is 9.22. The van der Waals surface area contributed by atoms with E-state index in [2.05, 4.69) is 18.7 Å². The van der Waals surface area contributed by atoms with Gasteiger partial charge in [0.25, 0.3) is 5.91 Å². The highest BCUT2D eigenvalue weighted by Crippen LogP contribution is 2.31. The maximum atomic E-state index is 13.3. The van der Waals surface area contributed by atoms with E-state index in [-0.39, 0.29) is 18.4 Å². The summed E-state index contributed by atoms with van der Waals surface area (Å²) in [6.07, 6.45) is 8.43. The van der Waals surface area contributed by atoms with Crippen LogP contribution in [0, 0.1) is 11.8 Å². The Morgan fingerprint density at radius 3 is 2.36 bits per heavy atom. The Kier molecular flexibility index (Phi) is 8.45. The van der Waals surface area contributed by atoms with Gasteiger partial charge in [-0.25, -0.2) is 0 Å². The molecule has 1 aromatic carbocycles. The summed E-state index contributed by atoms with van der Waals surface area (Å²) in [5.74, 6) is 1.14. The molecule has 3 aliphatic heterocycles. The molecule has 2 fully saturated rings. The molecule has 2 atom stereocenters. The van der Waals surface area contributed by atoms with Gasteiger partial charge in [0.15, 0.2) is 5.76 Å². The molecule has 4 rings (SSSR count). The largest absolute Gasteiger partial charge is 0.459 e. The molecule has 0 saturated carbocycles. The second kappa shape index (κ2) is 11.5. The number of benzene rings is 1. The van der Waals surface area contributed by atoms with Crippen LogP contribution in [0.4, 0.5) is 0 Å². The van der Waals surface area contributed by atoms with Crippen LogP contribution >= 0.6 is 0 Å². The Morgan fingerprint density at radius 2 is 1.73 bits per heavy atom. The summed E-state index contributed by atoms with van der Waals surface area (Å²) in [6.45, 7) is 8.85. The second-order valence-electron chi connectivity index (χ2n) is 10.1. The van der Waals surface area contributed by atoms with Crippen LogP contribution in [-0.4, -0.2) is 59.3 Å². The normalized spacial score (nSPS) is 25.1. The van der Waals surface area contributed by atoms with Crippen LogP contribution in [0.1, 0.15) is 63.5 Å². The van der Waals surface area contributed by atoms with Gasteiger partial charge in [0, 0.05) is 25.6 Å². The fourth-order valence-corrected chi connectivity index (χ4v) is 5.21. The lowest BCUT2D eigenvalue weighted by Gasteiger charge is -2.40. The van der Waals surface area contributed by atoms with Gasteiger partial charge in [-0.1, -0.05) is 44.5 Å². The summed E-state index contributed by atoms with van der Waals surface area (Å²) in [6, 6.07) is 8.34. The molecule has 0 bridgehead atoms. The fraction of sp³-hybridized carbons (Fsp3) is 0.667. The predicted molar refractivity (Wildman–Crippen MR) is 128 cm³/mol. The first kappa shape index (κ1) is 24.2. The van der Waals surface area contributed by atoms with Gasteiger partial charge in [-0.2, -0.15) is 0 Å². The molecule has 1 N–H and O–H groups in total. The highest BCUT2D eigenvalue weighted by molar-refractivity contribution is 5.91. The van der Waals surface area contributed by atoms with Crippen molar-refractivity contribution in [2.45, 2.75) is 77.9 Å². The van der Waals surface area contributed by atoms with Crippen LogP contribution in [-0.2, 0) is 27.5 Å². The summed E-state index contributed by atoms with van der Waals surface area (Å²) in [5.41, 5.74) is 1.91. The lowest BCUT2D eigenvalue weighted by atomic mass is 9.90. The van der Waals surface area contributed by atoms with Gasteiger partial charge in [-0.05, 0) is 67.8 Å². The Bertz CT molecular complexity index is 793. The average Bonchev–Trinajstić information content (AvgIpc) is 2.87. The van der Waals surface area contributed by atoms with Crippen molar-refractivity contribution in [2.24, 2.45) is 11.8 Å². The van der Waals surface area contributed by atoms with Crippen molar-refractivity contribution >= 4 is 5.91 Å². The van der Waals surface area contributed by atoms with Gasteiger partial charge < -0.3 is 24.4 Å². The molecule has 1 amide bonds. The predicted octanol–water partition coefficient (Wildman–Crippen LogP) is 4.07. The van der Waals surface area contributed by atoms with E-state index in [1.165, 1.54) is 32.4 Å². The molecule has 3 aliphatic rings. The van der Waals surface area contributed by atoms with Crippen LogP contribution < -0.4 is 0 Å². The van der Waals surface area contributed by atoms with Gasteiger partial charge in [-0.15, -0.1) is 0 Å². The molecule has 2 saturated heterocycles. The number of rotatable bonds is 7. The van der Waals surface area contributed by atoms with Crippen molar-refractivity contribution in [3.63, 3.8) is 0 Å². The number of hydrogen-bond acceptors (Lipinski definition) is 5. The van der Waals surface area contributed by atoms with Crippen molar-refractivity contribution in [2.75, 3.05) is 26.2 Å². The van der Waals surface area contributed by atoms with E-state index in [9.17, 15) is 9.90 Å². The van der Waals surface area contributed by atoms with Crippen LogP contribution in [0.25, 0.3) is 0 Å². The van der Waals surface area contributed by atoms with E-state index in [1.54, 1.807) is 0 Å². The van der Waals surface area contributed by atoms with Crippen LogP contribution in [0.3, 0.4) is 0 Å². The van der Waals surface area contributed by atoms with Gasteiger partial charge in [0.1, 0.15) is 0 Å². The molecular weight excluding hydrogens is 416 g/mol. The Hall–Kier alpha value is -1.89. The molecule has 33 heavy (non-hydrogen) atoms. The van der Waals surface area contributed by atoms with E-state index >= 15 is 0 Å². The molecular formula is C27H40N2O4. The molecule has 2 unspecified atom stereocenters. The van der Waals surface area contributed by atoms with E-state index < -0.39 is 6.29 Å². The Morgan fingerprint density at radius 1 is 1.06 bits per heavy atom. The number of aliphatic hydroxyl groups is 1. The molecule has 0 aliphatic carbocycles. The first-order chi connectivity index (χ1) is 16.0. The van der Waals surface area contributed by atoms with E-state index in [0.29, 0.717) is 24.3 Å². The van der Waals surface area contributed by atoms with Gasteiger partial charge in [-0.3, -0.25) is 4.79 Å². The van der Waals surface area contributed by atoms with Crippen molar-refractivity contribution in [3.05, 3.63) is 47.2 Å². The smallest absolute Gasteiger partial charge is 0.288 e. The van der Waals surface area contributed by atoms with E-state index in [1.807, 2.05) is 35.2 Å². The monoisotopic (exact) mass is 456 g/mol. The lowest BCUT2D eigenvalue weighted by Crippen LogP contribution is -2.49. The molecule has 6 heteroatoms. The highest BCUT2D eigenvalue weighted by Gasteiger charge is 2.34. The SMILES string of the molecule is CC(C)C1C=C(C(=O)N2CCC(N3CCCCC3)CC2)OC(OCc2ccc(CO)cc2)C1. The second-order valence-corrected chi connectivity index (χ2v) is 10.1. The minimum absolute atomic E-state index is 0.0124. The summed E-state index contributed by atoms with van der Waals surface area (Å²) in [4.78, 5) is 17.9. The molecule has 6 nitrogen and oxygen atoms in total. The topological polar surface area (TPSA) is 62.2 Å². The summed E-state index contributed by atoms with van der Waals surface area (Å²) in [7, 11) is 0. The number of carbonyl (C=O) groups excluding carboxylic acids is 1. The number of allylic oxidation sites excluding steroid dienone is 1. The van der Waals surface area contributed by atoms with E-state index in [4.69, 9.17) is 9.47 Å². The standard InChI is InChI=1S/C27H40N2O4/c1-20(2)23-16-25(33-26(17-23)32-19-22-8-6-21(18-30)7-9-22)27(31)29-14-10-24(11-15-29)28-12-4-3-5-13-28/h6-9,16,20,23-24,26,30H,3-5,10-15,17-19H2,1-2H3. The number of aliphatic hydroxyl groups excluding tert-OH is 1. The number of nitrogens with zero attached hydrogens (tertiary/aromatic N) is 2. The first-order valence-electron chi connectivity index (χ1n) is 12.8. The zero-order valence-electron chi connectivity index (χ0n) is 20.2. The molecule has 0 spiro atoms. The number of carbonyl (C=O) groups is 1. The molecule has 0 radical (unpaired) electrons. The summed E-state index contributed by atoms with van der Waals surface area (Å²) >= 11 is 0. The summed E-state index contributed by atoms with van der Waals surface area (Å²) < 4.78 is 12.2. The zero-order valence-corrected chi connectivity index (χ0v) is 20.2. The van der Waals surface area contributed by atoms with Crippen molar-refractivity contribution in [1.82, 2.24) is 9.80 Å². The number of amides is 1. The number of hydrogen-bond donors (Lipinski definition) is 1. The third kappa shape index (κ3) is 6.37. The van der Waals surface area contributed by atoms with Crippen molar-refractivity contribution in [1.29, 1.82) is 0 Å². The quantitative estimate of drug-likeness (QED) is 0.670. The maximum Gasteiger partial charge on any atom is 0.288 e. The van der Waals surface area contributed by atoms with Gasteiger partial charge in [0.2, 0.25) is 6.29 Å². The van der Waals surface area contributed by atoms with Crippen molar-refractivity contribution in [3.8, 4) is 0 Å². The third-order valence-electron chi connectivity index (χ3n) is 7.46. The van der Waals surface area contributed by atoms with E-state index in [0.717, 1.165) is 43.5 Å². The van der Waals surface area contributed by atoms with Gasteiger partial charge in [0.05, 0.1) is 13.2 Å². The molecule has 0 aromatic heterocycles. The van der Waals surface area contributed by atoms with Crippen LogP contribution in [0.2, 0.25) is 0 Å². The third-order valence-corrected chi connectivity index (χ3v) is 7.46.